The molecule has 1 aromatic carbocycles. The molecule has 0 fully saturated rings. The number of carbonyl (C=O) groups excluding carboxylic acids is 3. The number of rotatable bonds is 6. The van der Waals surface area contributed by atoms with Gasteiger partial charge < -0.3 is 20.7 Å². The molecule has 1 aromatic heterocycles. The predicted octanol–water partition coefficient (Wildman–Crippen LogP) is 0.688. The molecule has 0 radical (unpaired) electrons. The summed E-state index contributed by atoms with van der Waals surface area (Å²) < 4.78 is 7.31. The van der Waals surface area contributed by atoms with Gasteiger partial charge in [0.1, 0.15) is 17.8 Å². The number of benzene rings is 1. The zero-order chi connectivity index (χ0) is 22.8. The van der Waals surface area contributed by atoms with E-state index >= 15 is 0 Å². The normalized spacial score (nSPS) is 22.2. The zero-order valence-electron chi connectivity index (χ0n) is 18.4. The molecule has 4 rings (SSSR count). The van der Waals surface area contributed by atoms with E-state index in [0.717, 1.165) is 11.4 Å². The number of nitrogens with one attached hydrogen (secondary N) is 3. The van der Waals surface area contributed by atoms with Crippen LogP contribution in [-0.2, 0) is 16.0 Å². The molecule has 0 bridgehead atoms. The largest absolute Gasteiger partial charge is 0.412 e. The third-order valence-electron chi connectivity index (χ3n) is 6.11. The van der Waals surface area contributed by atoms with Crippen molar-refractivity contribution in [1.29, 1.82) is 0 Å². The molecular weight excluding hydrogens is 410 g/mol. The van der Waals surface area contributed by atoms with Crippen molar-refractivity contribution in [3.8, 4) is 5.75 Å². The third-order valence-corrected chi connectivity index (χ3v) is 6.11. The second-order valence-corrected chi connectivity index (χ2v) is 8.15. The number of aromatic nitrogens is 1. The molecule has 9 nitrogen and oxygen atoms in total. The number of hydrogen-bond donors (Lipinski definition) is 3. The van der Waals surface area contributed by atoms with Gasteiger partial charge in [-0.3, -0.25) is 4.79 Å². The van der Waals surface area contributed by atoms with E-state index in [0.29, 0.717) is 12.2 Å². The maximum absolute atomic E-state index is 13.5. The Morgan fingerprint density at radius 2 is 1.97 bits per heavy atom. The fourth-order valence-corrected chi connectivity index (χ4v) is 4.24. The van der Waals surface area contributed by atoms with Crippen LogP contribution in [0, 0.1) is 0 Å². The number of anilines is 1. The molecule has 9 heteroatoms. The number of carbonyl (C=O) groups is 3. The summed E-state index contributed by atoms with van der Waals surface area (Å²) in [4.78, 5) is 40.0. The van der Waals surface area contributed by atoms with Crippen molar-refractivity contribution in [2.75, 3.05) is 18.5 Å². The van der Waals surface area contributed by atoms with E-state index < -0.39 is 18.2 Å². The van der Waals surface area contributed by atoms with Crippen molar-refractivity contribution >= 4 is 23.7 Å². The summed E-state index contributed by atoms with van der Waals surface area (Å²) >= 11 is 0. The van der Waals surface area contributed by atoms with Crippen molar-refractivity contribution in [2.45, 2.75) is 44.4 Å². The minimum atomic E-state index is -0.706. The summed E-state index contributed by atoms with van der Waals surface area (Å²) in [6.07, 6.45) is 1.95. The summed E-state index contributed by atoms with van der Waals surface area (Å²) in [5, 5.41) is 8.55. The van der Waals surface area contributed by atoms with E-state index in [1.807, 2.05) is 35.9 Å². The molecule has 2 aliphatic heterocycles. The molecule has 3 N–H and O–H groups in total. The summed E-state index contributed by atoms with van der Waals surface area (Å²) in [6.45, 7) is 3.90. The van der Waals surface area contributed by atoms with Crippen molar-refractivity contribution in [1.82, 2.24) is 16.0 Å². The fourth-order valence-electron chi connectivity index (χ4n) is 4.24. The lowest BCUT2D eigenvalue weighted by Crippen LogP contribution is -2.67. The molecule has 0 spiro atoms. The predicted molar refractivity (Wildman–Crippen MR) is 117 cm³/mol. The molecular formula is C23H28N5O4+. The lowest BCUT2D eigenvalue weighted by Gasteiger charge is -2.33. The second kappa shape index (κ2) is 8.96. The monoisotopic (exact) mass is 438 g/mol. The molecule has 2 aliphatic rings. The third kappa shape index (κ3) is 4.03. The maximum Gasteiger partial charge on any atom is 0.412 e. The highest BCUT2D eigenvalue weighted by Gasteiger charge is 2.53. The lowest BCUT2D eigenvalue weighted by molar-refractivity contribution is -0.711. The highest BCUT2D eigenvalue weighted by atomic mass is 16.6. The van der Waals surface area contributed by atoms with E-state index in [2.05, 4.69) is 16.0 Å². The van der Waals surface area contributed by atoms with Crippen LogP contribution in [0.1, 0.15) is 25.5 Å². The van der Waals surface area contributed by atoms with Gasteiger partial charge in [-0.05, 0) is 45.2 Å². The van der Waals surface area contributed by atoms with E-state index in [1.165, 1.54) is 0 Å². The smallest absolute Gasteiger partial charge is 0.410 e. The Hall–Kier alpha value is -3.46. The maximum atomic E-state index is 13.5. The Bertz CT molecular complexity index is 1030. The molecule has 4 atom stereocenters. The van der Waals surface area contributed by atoms with Gasteiger partial charge in [0.25, 0.3) is 5.82 Å². The van der Waals surface area contributed by atoms with Gasteiger partial charge in [-0.15, -0.1) is 0 Å². The van der Waals surface area contributed by atoms with Crippen LogP contribution in [-0.4, -0.2) is 49.6 Å². The van der Waals surface area contributed by atoms with Crippen LogP contribution < -0.4 is 30.2 Å². The van der Waals surface area contributed by atoms with Crippen LogP contribution in [0.2, 0.25) is 0 Å². The molecule has 4 unspecified atom stereocenters. The minimum Gasteiger partial charge on any atom is -0.410 e. The molecule has 2 aromatic rings. The van der Waals surface area contributed by atoms with Crippen molar-refractivity contribution in [3.63, 3.8) is 0 Å². The number of para-hydroxylation sites is 1. The topological polar surface area (TPSA) is 104 Å². The highest BCUT2D eigenvalue weighted by Crippen LogP contribution is 2.34. The lowest BCUT2D eigenvalue weighted by atomic mass is 10.0. The van der Waals surface area contributed by atoms with E-state index in [4.69, 9.17) is 4.74 Å². The zero-order valence-corrected chi connectivity index (χ0v) is 18.4. The van der Waals surface area contributed by atoms with Crippen LogP contribution >= 0.6 is 0 Å². The van der Waals surface area contributed by atoms with Gasteiger partial charge in [0.15, 0.2) is 6.04 Å². The van der Waals surface area contributed by atoms with Crippen LogP contribution in [0.25, 0.3) is 0 Å². The van der Waals surface area contributed by atoms with Crippen molar-refractivity contribution in [2.24, 2.45) is 0 Å². The van der Waals surface area contributed by atoms with Gasteiger partial charge in [-0.1, -0.05) is 18.2 Å². The number of hydrogen-bond acceptors (Lipinski definition) is 5. The quantitative estimate of drug-likeness (QED) is 0.576. The van der Waals surface area contributed by atoms with Crippen LogP contribution in [0.3, 0.4) is 0 Å². The second-order valence-electron chi connectivity index (χ2n) is 8.15. The van der Waals surface area contributed by atoms with E-state index in [1.54, 1.807) is 43.1 Å². The Morgan fingerprint density at radius 1 is 1.22 bits per heavy atom. The first kappa shape index (κ1) is 21.8. The van der Waals surface area contributed by atoms with Gasteiger partial charge in [-0.25, -0.2) is 14.2 Å². The fraction of sp³-hybridized carbons (Fsp3) is 0.391. The van der Waals surface area contributed by atoms with Crippen LogP contribution in [0.4, 0.5) is 10.6 Å². The molecule has 3 amide bonds. The molecule has 0 saturated heterocycles. The first-order chi connectivity index (χ1) is 15.4. The SMILES string of the molecule is CNC(C)C(=O)NC1C(=O)N2c3c(ccc[n+]3C1C)CC2CNC(=O)Oc1ccccc1. The van der Waals surface area contributed by atoms with E-state index in [9.17, 15) is 14.4 Å². The Morgan fingerprint density at radius 3 is 2.69 bits per heavy atom. The van der Waals surface area contributed by atoms with Crippen molar-refractivity contribution in [3.05, 3.63) is 54.2 Å². The minimum absolute atomic E-state index is 0.178. The molecule has 0 saturated carbocycles. The number of nitrogens with zero attached hydrogens (tertiary/aromatic N) is 2. The summed E-state index contributed by atoms with van der Waals surface area (Å²) in [5.41, 5.74) is 1.03. The van der Waals surface area contributed by atoms with Gasteiger partial charge in [0.05, 0.1) is 18.8 Å². The van der Waals surface area contributed by atoms with E-state index in [-0.39, 0.29) is 30.4 Å². The van der Waals surface area contributed by atoms with Crippen LogP contribution in [0.5, 0.6) is 5.75 Å². The Kier molecular flexibility index (Phi) is 6.09. The van der Waals surface area contributed by atoms with Gasteiger partial charge in [-0.2, -0.15) is 4.90 Å². The molecule has 168 valence electrons. The number of likely N-dealkylation sites (N-methyl/N-ethyl adjacent to an activating group) is 1. The van der Waals surface area contributed by atoms with Gasteiger partial charge in [0, 0.05) is 12.0 Å². The standard InChI is InChI=1S/C23H27N5O4/c1-14(24-3)20(29)26-19-15(2)27-11-7-8-16-12-17(28(21(16)27)22(19)30)13-25-23(31)32-18-9-5-4-6-10-18/h4-11,14-15,17,19,24H,12-13H2,1-3H3,(H-,25,26,29,31)/p+1. The summed E-state index contributed by atoms with van der Waals surface area (Å²) in [7, 11) is 1.70. The number of ether oxygens (including phenoxy) is 1. The highest BCUT2D eigenvalue weighted by molar-refractivity contribution is 6.01. The molecule has 0 aliphatic carbocycles. The Labute approximate surface area is 186 Å². The average Bonchev–Trinajstić information content (AvgIpc) is 3.18. The van der Waals surface area contributed by atoms with Crippen LogP contribution in [0.15, 0.2) is 48.7 Å². The number of pyridine rings is 1. The molecule has 3 heterocycles. The first-order valence-electron chi connectivity index (χ1n) is 10.7. The number of amides is 3. The van der Waals surface area contributed by atoms with Gasteiger partial charge in [0.2, 0.25) is 5.91 Å². The average molecular weight is 439 g/mol. The summed E-state index contributed by atoms with van der Waals surface area (Å²) in [6, 6.07) is 11.1. The molecule has 32 heavy (non-hydrogen) atoms. The van der Waals surface area contributed by atoms with Gasteiger partial charge >= 0.3 is 12.0 Å². The summed E-state index contributed by atoms with van der Waals surface area (Å²) in [5.74, 6) is 0.850. The first-order valence-corrected chi connectivity index (χ1v) is 10.7. The van der Waals surface area contributed by atoms with Crippen molar-refractivity contribution < 1.29 is 23.7 Å². The Balaban J connectivity index is 1.51.